The van der Waals surface area contributed by atoms with Crippen LogP contribution in [0.2, 0.25) is 0 Å². The van der Waals surface area contributed by atoms with E-state index in [1.807, 2.05) is 25.1 Å². The summed E-state index contributed by atoms with van der Waals surface area (Å²) in [6.07, 6.45) is 7.37. The Morgan fingerprint density at radius 1 is 1.03 bits per heavy atom. The molecule has 4 heteroatoms. The van der Waals surface area contributed by atoms with Gasteiger partial charge in [0.15, 0.2) is 0 Å². The molecule has 1 aliphatic carbocycles. The van der Waals surface area contributed by atoms with Crippen molar-refractivity contribution in [2.24, 2.45) is 0 Å². The highest BCUT2D eigenvalue weighted by atomic mass is 16.2. The van der Waals surface area contributed by atoms with Gasteiger partial charge in [0.05, 0.1) is 6.04 Å². The predicted octanol–water partition coefficient (Wildman–Crippen LogP) is 3.04. The second-order valence-electron chi connectivity index (χ2n) is 8.15. The van der Waals surface area contributed by atoms with Gasteiger partial charge in [0.2, 0.25) is 5.91 Å². The van der Waals surface area contributed by atoms with Crippen molar-refractivity contribution in [1.82, 2.24) is 15.5 Å². The SMILES string of the molecule is CCNC(=O)[C@@H]1C[C@H](NC2Cc3ccccc3C2)CN1CC=Cc1ccccc1. The number of amides is 1. The van der Waals surface area contributed by atoms with E-state index in [-0.39, 0.29) is 11.9 Å². The number of benzene rings is 2. The molecule has 2 aromatic rings. The zero-order chi connectivity index (χ0) is 20.1. The van der Waals surface area contributed by atoms with E-state index in [2.05, 4.69) is 64.1 Å². The summed E-state index contributed by atoms with van der Waals surface area (Å²) in [6, 6.07) is 19.8. The van der Waals surface area contributed by atoms with Gasteiger partial charge in [-0.3, -0.25) is 9.69 Å². The molecule has 0 aromatic heterocycles. The molecule has 2 N–H and O–H groups in total. The first-order valence-corrected chi connectivity index (χ1v) is 10.8. The number of fused-ring (bicyclic) bond motifs is 1. The van der Waals surface area contributed by atoms with E-state index in [9.17, 15) is 4.79 Å². The second-order valence-corrected chi connectivity index (χ2v) is 8.15. The molecule has 4 rings (SSSR count). The Morgan fingerprint density at radius 2 is 1.72 bits per heavy atom. The van der Waals surface area contributed by atoms with E-state index >= 15 is 0 Å². The summed E-state index contributed by atoms with van der Waals surface area (Å²) in [4.78, 5) is 15.0. The van der Waals surface area contributed by atoms with Crippen LogP contribution < -0.4 is 10.6 Å². The van der Waals surface area contributed by atoms with E-state index in [1.54, 1.807) is 0 Å². The quantitative estimate of drug-likeness (QED) is 0.765. The third kappa shape index (κ3) is 4.95. The van der Waals surface area contributed by atoms with Crippen LogP contribution in [0.5, 0.6) is 0 Å². The van der Waals surface area contributed by atoms with Crippen LogP contribution in [0.4, 0.5) is 0 Å². The molecule has 0 saturated carbocycles. The zero-order valence-electron chi connectivity index (χ0n) is 17.2. The van der Waals surface area contributed by atoms with Crippen molar-refractivity contribution < 1.29 is 4.79 Å². The van der Waals surface area contributed by atoms with Crippen molar-refractivity contribution in [3.63, 3.8) is 0 Å². The van der Waals surface area contributed by atoms with E-state index in [1.165, 1.54) is 16.7 Å². The molecule has 1 amide bonds. The van der Waals surface area contributed by atoms with Gasteiger partial charge < -0.3 is 10.6 Å². The molecule has 1 aliphatic heterocycles. The summed E-state index contributed by atoms with van der Waals surface area (Å²) in [5.41, 5.74) is 4.12. The van der Waals surface area contributed by atoms with Crippen molar-refractivity contribution in [3.8, 4) is 0 Å². The number of hydrogen-bond donors (Lipinski definition) is 2. The van der Waals surface area contributed by atoms with E-state index < -0.39 is 0 Å². The maximum Gasteiger partial charge on any atom is 0.237 e. The van der Waals surface area contributed by atoms with Gasteiger partial charge in [0.25, 0.3) is 0 Å². The summed E-state index contributed by atoms with van der Waals surface area (Å²) in [7, 11) is 0. The van der Waals surface area contributed by atoms with E-state index in [0.717, 1.165) is 32.4 Å². The number of nitrogens with one attached hydrogen (secondary N) is 2. The Morgan fingerprint density at radius 3 is 2.41 bits per heavy atom. The van der Waals surface area contributed by atoms with Crippen molar-refractivity contribution in [1.29, 1.82) is 0 Å². The molecule has 1 saturated heterocycles. The van der Waals surface area contributed by atoms with Gasteiger partial charge in [-0.15, -0.1) is 0 Å². The smallest absolute Gasteiger partial charge is 0.237 e. The van der Waals surface area contributed by atoms with Crippen molar-refractivity contribution in [3.05, 3.63) is 77.4 Å². The maximum atomic E-state index is 12.6. The highest BCUT2D eigenvalue weighted by Crippen LogP contribution is 2.25. The molecule has 0 radical (unpaired) electrons. The molecular weight excluding hydrogens is 358 g/mol. The van der Waals surface area contributed by atoms with Crippen LogP contribution in [0.3, 0.4) is 0 Å². The summed E-state index contributed by atoms with van der Waals surface area (Å²) >= 11 is 0. The predicted molar refractivity (Wildman–Crippen MR) is 119 cm³/mol. The molecule has 152 valence electrons. The Labute approximate surface area is 174 Å². The molecule has 2 aliphatic rings. The van der Waals surface area contributed by atoms with Crippen LogP contribution in [0.25, 0.3) is 6.08 Å². The summed E-state index contributed by atoms with van der Waals surface area (Å²) in [6.45, 7) is 4.37. The molecule has 2 atom stereocenters. The molecule has 2 aromatic carbocycles. The van der Waals surface area contributed by atoms with Crippen molar-refractivity contribution in [2.45, 2.75) is 44.3 Å². The van der Waals surface area contributed by atoms with Crippen LogP contribution in [0.1, 0.15) is 30.0 Å². The van der Waals surface area contributed by atoms with Crippen LogP contribution in [0.15, 0.2) is 60.7 Å². The average molecular weight is 390 g/mol. The topological polar surface area (TPSA) is 44.4 Å². The molecule has 1 fully saturated rings. The summed E-state index contributed by atoms with van der Waals surface area (Å²) in [5, 5.41) is 6.87. The number of carbonyl (C=O) groups excluding carboxylic acids is 1. The van der Waals surface area contributed by atoms with Crippen molar-refractivity contribution >= 4 is 12.0 Å². The minimum Gasteiger partial charge on any atom is -0.355 e. The van der Waals surface area contributed by atoms with Gasteiger partial charge in [-0.05, 0) is 42.9 Å². The Balaban J connectivity index is 1.37. The van der Waals surface area contributed by atoms with Gasteiger partial charge in [-0.2, -0.15) is 0 Å². The molecule has 0 bridgehead atoms. The Kier molecular flexibility index (Phi) is 6.43. The Bertz CT molecular complexity index is 823. The first kappa shape index (κ1) is 19.9. The fraction of sp³-hybridized carbons (Fsp3) is 0.400. The molecular formula is C25H31N3O. The second kappa shape index (κ2) is 9.38. The van der Waals surface area contributed by atoms with Gasteiger partial charge >= 0.3 is 0 Å². The fourth-order valence-corrected chi connectivity index (χ4v) is 4.69. The van der Waals surface area contributed by atoms with E-state index in [0.29, 0.717) is 18.6 Å². The molecule has 1 heterocycles. The largest absolute Gasteiger partial charge is 0.355 e. The maximum absolute atomic E-state index is 12.6. The van der Waals surface area contributed by atoms with Crippen LogP contribution in [0, 0.1) is 0 Å². The summed E-state index contributed by atoms with van der Waals surface area (Å²) in [5.74, 6) is 0.152. The van der Waals surface area contributed by atoms with Gasteiger partial charge in [0.1, 0.15) is 0 Å². The molecule has 0 spiro atoms. The number of carbonyl (C=O) groups is 1. The summed E-state index contributed by atoms with van der Waals surface area (Å²) < 4.78 is 0. The van der Waals surface area contributed by atoms with Gasteiger partial charge in [0, 0.05) is 31.7 Å². The first-order chi connectivity index (χ1) is 14.2. The minimum absolute atomic E-state index is 0.0587. The van der Waals surface area contributed by atoms with Crippen molar-refractivity contribution in [2.75, 3.05) is 19.6 Å². The number of likely N-dealkylation sites (tertiary alicyclic amines) is 1. The van der Waals surface area contributed by atoms with Crippen LogP contribution in [-0.2, 0) is 17.6 Å². The lowest BCUT2D eigenvalue weighted by Crippen LogP contribution is -2.43. The molecule has 0 unspecified atom stereocenters. The minimum atomic E-state index is -0.0587. The third-order valence-electron chi connectivity index (χ3n) is 6.03. The number of likely N-dealkylation sites (N-methyl/N-ethyl adjacent to an activating group) is 1. The lowest BCUT2D eigenvalue weighted by Gasteiger charge is -2.21. The molecule has 29 heavy (non-hydrogen) atoms. The Hall–Kier alpha value is -2.43. The lowest BCUT2D eigenvalue weighted by molar-refractivity contribution is -0.125. The highest BCUT2D eigenvalue weighted by Gasteiger charge is 2.37. The third-order valence-corrected chi connectivity index (χ3v) is 6.03. The van der Waals surface area contributed by atoms with Crippen LogP contribution >= 0.6 is 0 Å². The number of hydrogen-bond acceptors (Lipinski definition) is 3. The monoisotopic (exact) mass is 389 g/mol. The number of rotatable bonds is 7. The zero-order valence-corrected chi connectivity index (χ0v) is 17.2. The van der Waals surface area contributed by atoms with Gasteiger partial charge in [-0.1, -0.05) is 66.7 Å². The molecule has 4 nitrogen and oxygen atoms in total. The van der Waals surface area contributed by atoms with Gasteiger partial charge in [-0.25, -0.2) is 0 Å². The lowest BCUT2D eigenvalue weighted by atomic mass is 10.1. The fourth-order valence-electron chi connectivity index (χ4n) is 4.69. The number of nitrogens with zero attached hydrogens (tertiary/aromatic N) is 1. The highest BCUT2D eigenvalue weighted by molar-refractivity contribution is 5.82. The average Bonchev–Trinajstić information content (AvgIpc) is 3.32. The van der Waals surface area contributed by atoms with E-state index in [4.69, 9.17) is 0 Å². The standard InChI is InChI=1S/C25H31N3O/c1-2-26-25(29)24-17-23(27-22-15-20-12-6-7-13-21(20)16-22)18-28(24)14-8-11-19-9-4-3-5-10-19/h3-13,22-24,27H,2,14-18H2,1H3,(H,26,29)/t23-,24-/m0/s1. The normalized spacial score (nSPS) is 22.2. The van der Waals surface area contributed by atoms with Crippen LogP contribution in [-0.4, -0.2) is 48.6 Å². The first-order valence-electron chi connectivity index (χ1n) is 10.8.